The maximum absolute atomic E-state index is 12.4. The second kappa shape index (κ2) is 8.37. The average molecular weight is 346 g/mol. The fourth-order valence-electron chi connectivity index (χ4n) is 3.11. The van der Waals surface area contributed by atoms with Crippen molar-refractivity contribution < 1.29 is 14.3 Å². The van der Waals surface area contributed by atoms with E-state index in [1.807, 2.05) is 39.0 Å². The number of likely N-dealkylation sites (tertiary alicyclic amines) is 1. The molecular formula is C20H30N2O3. The van der Waals surface area contributed by atoms with Crippen LogP contribution >= 0.6 is 0 Å². The van der Waals surface area contributed by atoms with E-state index in [0.717, 1.165) is 24.8 Å². The SMILES string of the molecule is CCc1ccccc1CC(=O)N[C@H]1CCCN(C(=O)OC(C)(C)C)C1. The minimum absolute atomic E-state index is 0.0111. The number of hydrogen-bond acceptors (Lipinski definition) is 3. The van der Waals surface area contributed by atoms with Gasteiger partial charge in [0.15, 0.2) is 0 Å². The highest BCUT2D eigenvalue weighted by Gasteiger charge is 2.28. The lowest BCUT2D eigenvalue weighted by atomic mass is 10.0. The summed E-state index contributed by atoms with van der Waals surface area (Å²) >= 11 is 0. The third kappa shape index (κ3) is 6.07. The molecule has 1 heterocycles. The number of ether oxygens (including phenoxy) is 1. The summed E-state index contributed by atoms with van der Waals surface area (Å²) in [5.41, 5.74) is 1.77. The van der Waals surface area contributed by atoms with Crippen molar-refractivity contribution >= 4 is 12.0 Å². The van der Waals surface area contributed by atoms with Gasteiger partial charge in [0.25, 0.3) is 0 Å². The molecule has 138 valence electrons. The molecule has 0 saturated carbocycles. The summed E-state index contributed by atoms with van der Waals surface area (Å²) in [6, 6.07) is 8.02. The molecule has 5 nitrogen and oxygen atoms in total. The molecule has 0 radical (unpaired) electrons. The van der Waals surface area contributed by atoms with Crippen LogP contribution in [0.4, 0.5) is 4.79 Å². The fourth-order valence-corrected chi connectivity index (χ4v) is 3.11. The Hall–Kier alpha value is -2.04. The number of benzene rings is 1. The number of amides is 2. The van der Waals surface area contributed by atoms with Gasteiger partial charge in [0.2, 0.25) is 5.91 Å². The van der Waals surface area contributed by atoms with E-state index in [2.05, 4.69) is 18.3 Å². The number of piperidine rings is 1. The van der Waals surface area contributed by atoms with Crippen molar-refractivity contribution in [3.05, 3.63) is 35.4 Å². The Kier molecular flexibility index (Phi) is 6.45. The van der Waals surface area contributed by atoms with Crippen molar-refractivity contribution in [2.24, 2.45) is 0 Å². The van der Waals surface area contributed by atoms with E-state index in [1.54, 1.807) is 4.90 Å². The van der Waals surface area contributed by atoms with E-state index in [1.165, 1.54) is 5.56 Å². The predicted octanol–water partition coefficient (Wildman–Crippen LogP) is 3.31. The van der Waals surface area contributed by atoms with Gasteiger partial charge in [0, 0.05) is 19.1 Å². The highest BCUT2D eigenvalue weighted by molar-refractivity contribution is 5.79. The number of carbonyl (C=O) groups is 2. The van der Waals surface area contributed by atoms with Crippen molar-refractivity contribution in [1.82, 2.24) is 10.2 Å². The molecule has 25 heavy (non-hydrogen) atoms. The Morgan fingerprint density at radius 2 is 1.92 bits per heavy atom. The highest BCUT2D eigenvalue weighted by atomic mass is 16.6. The Morgan fingerprint density at radius 3 is 2.56 bits per heavy atom. The Bertz CT molecular complexity index is 607. The smallest absolute Gasteiger partial charge is 0.410 e. The standard InChI is InChI=1S/C20H30N2O3/c1-5-15-9-6-7-10-16(15)13-18(23)21-17-11-8-12-22(14-17)19(24)25-20(2,3)4/h6-7,9-10,17H,5,8,11-14H2,1-4H3,(H,21,23)/t17-/m0/s1. The first-order valence-corrected chi connectivity index (χ1v) is 9.12. The molecule has 1 N–H and O–H groups in total. The summed E-state index contributed by atoms with van der Waals surface area (Å²) in [7, 11) is 0. The maximum atomic E-state index is 12.4. The number of nitrogens with zero attached hydrogens (tertiary/aromatic N) is 1. The van der Waals surface area contributed by atoms with Gasteiger partial charge in [-0.25, -0.2) is 4.79 Å². The predicted molar refractivity (Wildman–Crippen MR) is 98.5 cm³/mol. The topological polar surface area (TPSA) is 58.6 Å². The monoisotopic (exact) mass is 346 g/mol. The number of nitrogens with one attached hydrogen (secondary N) is 1. The van der Waals surface area contributed by atoms with Crippen LogP contribution < -0.4 is 5.32 Å². The minimum Gasteiger partial charge on any atom is -0.444 e. The molecule has 2 amide bonds. The number of carbonyl (C=O) groups excluding carboxylic acids is 2. The van der Waals surface area contributed by atoms with Crippen LogP contribution in [0.25, 0.3) is 0 Å². The van der Waals surface area contributed by atoms with Crippen LogP contribution in [0.3, 0.4) is 0 Å². The zero-order valence-corrected chi connectivity index (χ0v) is 15.8. The summed E-state index contributed by atoms with van der Waals surface area (Å²) < 4.78 is 5.43. The lowest BCUT2D eigenvalue weighted by molar-refractivity contribution is -0.121. The molecule has 0 aromatic heterocycles. The van der Waals surface area contributed by atoms with E-state index < -0.39 is 5.60 Å². The Morgan fingerprint density at radius 1 is 1.24 bits per heavy atom. The third-order valence-electron chi connectivity index (χ3n) is 4.29. The van der Waals surface area contributed by atoms with Gasteiger partial charge in [-0.3, -0.25) is 4.79 Å². The minimum atomic E-state index is -0.503. The first kappa shape index (κ1) is 19.3. The third-order valence-corrected chi connectivity index (χ3v) is 4.29. The first-order chi connectivity index (χ1) is 11.8. The summed E-state index contributed by atoms with van der Waals surface area (Å²) in [4.78, 5) is 26.3. The van der Waals surface area contributed by atoms with Gasteiger partial charge in [0.1, 0.15) is 5.60 Å². The number of aryl methyl sites for hydroxylation is 1. The normalized spacial score (nSPS) is 17.9. The van der Waals surface area contributed by atoms with Crippen LogP contribution in [-0.4, -0.2) is 41.6 Å². The van der Waals surface area contributed by atoms with E-state index in [4.69, 9.17) is 4.74 Å². The van der Waals surface area contributed by atoms with E-state index >= 15 is 0 Å². The quantitative estimate of drug-likeness (QED) is 0.910. The molecule has 0 aliphatic carbocycles. The van der Waals surface area contributed by atoms with Crippen molar-refractivity contribution in [2.45, 2.75) is 65.0 Å². The zero-order valence-electron chi connectivity index (χ0n) is 15.8. The average Bonchev–Trinajstić information content (AvgIpc) is 2.54. The molecule has 1 aliphatic rings. The summed E-state index contributed by atoms with van der Waals surface area (Å²) in [5, 5.41) is 3.08. The van der Waals surface area contributed by atoms with Crippen LogP contribution in [0.5, 0.6) is 0 Å². The molecule has 1 saturated heterocycles. The molecule has 1 aliphatic heterocycles. The van der Waals surface area contributed by atoms with Gasteiger partial charge in [-0.2, -0.15) is 0 Å². The van der Waals surface area contributed by atoms with Crippen LogP contribution in [0.15, 0.2) is 24.3 Å². The van der Waals surface area contributed by atoms with Gasteiger partial charge in [-0.15, -0.1) is 0 Å². The molecule has 1 atom stereocenters. The molecule has 0 bridgehead atoms. The van der Waals surface area contributed by atoms with Gasteiger partial charge < -0.3 is 15.0 Å². The van der Waals surface area contributed by atoms with E-state index in [9.17, 15) is 9.59 Å². The Labute approximate surface area is 150 Å². The molecule has 1 fully saturated rings. The molecule has 5 heteroatoms. The number of hydrogen-bond donors (Lipinski definition) is 1. The van der Waals surface area contributed by atoms with Crippen molar-refractivity contribution in [2.75, 3.05) is 13.1 Å². The lowest BCUT2D eigenvalue weighted by Gasteiger charge is -2.34. The second-order valence-electron chi connectivity index (χ2n) is 7.63. The zero-order chi connectivity index (χ0) is 18.4. The summed E-state index contributed by atoms with van der Waals surface area (Å²) in [6.45, 7) is 8.87. The van der Waals surface area contributed by atoms with E-state index in [-0.39, 0.29) is 18.0 Å². The molecule has 2 rings (SSSR count). The molecule has 0 unspecified atom stereocenters. The van der Waals surface area contributed by atoms with Gasteiger partial charge in [-0.1, -0.05) is 31.2 Å². The molecule has 0 spiro atoms. The fraction of sp³-hybridized carbons (Fsp3) is 0.600. The summed E-state index contributed by atoms with van der Waals surface area (Å²) in [5.74, 6) is 0.0111. The lowest BCUT2D eigenvalue weighted by Crippen LogP contribution is -2.51. The number of rotatable bonds is 4. The molecule has 1 aromatic carbocycles. The Balaban J connectivity index is 1.89. The summed E-state index contributed by atoms with van der Waals surface area (Å²) in [6.07, 6.45) is 2.76. The van der Waals surface area contributed by atoms with Crippen molar-refractivity contribution in [3.8, 4) is 0 Å². The maximum Gasteiger partial charge on any atom is 0.410 e. The van der Waals surface area contributed by atoms with Crippen LogP contribution in [0, 0.1) is 0 Å². The largest absolute Gasteiger partial charge is 0.444 e. The molecular weight excluding hydrogens is 316 g/mol. The van der Waals surface area contributed by atoms with Crippen LogP contribution in [-0.2, 0) is 22.4 Å². The van der Waals surface area contributed by atoms with Crippen molar-refractivity contribution in [1.29, 1.82) is 0 Å². The highest BCUT2D eigenvalue weighted by Crippen LogP contribution is 2.16. The van der Waals surface area contributed by atoms with Gasteiger partial charge >= 0.3 is 6.09 Å². The van der Waals surface area contributed by atoms with E-state index in [0.29, 0.717) is 19.5 Å². The van der Waals surface area contributed by atoms with Gasteiger partial charge in [0.05, 0.1) is 6.42 Å². The van der Waals surface area contributed by atoms with Crippen LogP contribution in [0.2, 0.25) is 0 Å². The second-order valence-corrected chi connectivity index (χ2v) is 7.63. The van der Waals surface area contributed by atoms with Gasteiger partial charge in [-0.05, 0) is 51.2 Å². The van der Waals surface area contributed by atoms with Crippen molar-refractivity contribution in [3.63, 3.8) is 0 Å². The molecule has 1 aromatic rings. The van der Waals surface area contributed by atoms with Crippen LogP contribution in [0.1, 0.15) is 51.7 Å². The first-order valence-electron chi connectivity index (χ1n) is 9.12.